The van der Waals surface area contributed by atoms with Crippen LogP contribution in [-0.4, -0.2) is 33.5 Å². The number of hydrogen-bond acceptors (Lipinski definition) is 5. The van der Waals surface area contributed by atoms with Gasteiger partial charge in [-0.1, -0.05) is 31.5 Å². The first-order valence-corrected chi connectivity index (χ1v) is 11.7. The summed E-state index contributed by atoms with van der Waals surface area (Å²) in [4.78, 5) is 13.4. The number of benzene rings is 1. The molecular formula is C21H24F3N3OS2. The van der Waals surface area contributed by atoms with Crippen molar-refractivity contribution in [3.05, 3.63) is 41.7 Å². The molecule has 4 nitrogen and oxygen atoms in total. The first kappa shape index (κ1) is 22.8. The third-order valence-electron chi connectivity index (χ3n) is 4.44. The fourth-order valence-corrected chi connectivity index (χ4v) is 4.79. The lowest BCUT2D eigenvalue weighted by Gasteiger charge is -2.09. The lowest BCUT2D eigenvalue weighted by atomic mass is 10.2. The number of halogens is 3. The second kappa shape index (κ2) is 10.4. The number of unbranched alkanes of at least 4 members (excludes halogenated alkanes) is 2. The smallest absolute Gasteiger partial charge is 0.422 e. The van der Waals surface area contributed by atoms with E-state index in [4.69, 9.17) is 4.74 Å². The maximum atomic E-state index is 12.3. The number of nitrogens with one attached hydrogen (secondary N) is 1. The molecule has 0 bridgehead atoms. The molecule has 0 saturated heterocycles. The number of hydrogen-bond donors (Lipinski definition) is 1. The molecule has 0 amide bonds. The molecule has 1 N–H and O–H groups in total. The standard InChI is InChI=1S/C21H24F3N3OS2/c1-3-4-5-10-29-19-8-9-25-18(14(19)2)12-30-20-26-16-7-6-15(11-17(16)27-20)28-13-21(22,23)24/h6-9,11H,3-5,10,12-13H2,1-2H3,(H,26,27). The van der Waals surface area contributed by atoms with Crippen molar-refractivity contribution in [2.45, 2.75) is 55.1 Å². The van der Waals surface area contributed by atoms with Crippen molar-refractivity contribution < 1.29 is 17.9 Å². The SMILES string of the molecule is CCCCCSc1ccnc(CSc2nc3ccc(OCC(F)(F)F)cc3[nH]2)c1C. The van der Waals surface area contributed by atoms with Gasteiger partial charge in [0, 0.05) is 22.9 Å². The van der Waals surface area contributed by atoms with Crippen LogP contribution in [0, 0.1) is 6.92 Å². The summed E-state index contributed by atoms with van der Waals surface area (Å²) in [7, 11) is 0. The Balaban J connectivity index is 1.63. The van der Waals surface area contributed by atoms with E-state index in [2.05, 4.69) is 34.9 Å². The van der Waals surface area contributed by atoms with Crippen LogP contribution in [0.2, 0.25) is 0 Å². The summed E-state index contributed by atoms with van der Waals surface area (Å²) in [5.74, 6) is 1.92. The number of pyridine rings is 1. The Morgan fingerprint density at radius 2 is 1.97 bits per heavy atom. The van der Waals surface area contributed by atoms with Crippen molar-refractivity contribution in [3.63, 3.8) is 0 Å². The zero-order valence-electron chi connectivity index (χ0n) is 16.9. The summed E-state index contributed by atoms with van der Waals surface area (Å²) in [5.41, 5.74) is 3.52. The van der Waals surface area contributed by atoms with Crippen molar-refractivity contribution in [3.8, 4) is 5.75 Å². The van der Waals surface area contributed by atoms with Crippen LogP contribution >= 0.6 is 23.5 Å². The van der Waals surface area contributed by atoms with E-state index in [1.165, 1.54) is 53.6 Å². The molecule has 3 rings (SSSR count). The molecule has 0 unspecified atom stereocenters. The summed E-state index contributed by atoms with van der Waals surface area (Å²) in [6.45, 7) is 2.98. The number of imidazole rings is 1. The highest BCUT2D eigenvalue weighted by atomic mass is 32.2. The lowest BCUT2D eigenvalue weighted by molar-refractivity contribution is -0.153. The predicted octanol–water partition coefficient (Wildman–Crippen LogP) is 6.78. The van der Waals surface area contributed by atoms with E-state index in [0.717, 1.165) is 11.4 Å². The molecule has 9 heteroatoms. The Bertz CT molecular complexity index is 976. The Labute approximate surface area is 182 Å². The number of thioether (sulfide) groups is 2. The fraction of sp³-hybridized carbons (Fsp3) is 0.429. The molecule has 0 aliphatic rings. The van der Waals surface area contributed by atoms with E-state index in [0.29, 0.717) is 21.9 Å². The number of alkyl halides is 3. The molecule has 1 aromatic carbocycles. The molecule has 162 valence electrons. The zero-order valence-corrected chi connectivity index (χ0v) is 18.5. The number of aromatic amines is 1. The van der Waals surface area contributed by atoms with E-state index in [9.17, 15) is 13.2 Å². The van der Waals surface area contributed by atoms with Gasteiger partial charge in [0.05, 0.1) is 16.7 Å². The van der Waals surface area contributed by atoms with Gasteiger partial charge in [-0.2, -0.15) is 13.2 Å². The molecule has 0 aliphatic heterocycles. The van der Waals surface area contributed by atoms with Crippen molar-refractivity contribution in [1.29, 1.82) is 0 Å². The highest BCUT2D eigenvalue weighted by Crippen LogP contribution is 2.30. The first-order chi connectivity index (χ1) is 14.4. The second-order valence-electron chi connectivity index (χ2n) is 6.85. The molecule has 2 heterocycles. The van der Waals surface area contributed by atoms with E-state index < -0.39 is 12.8 Å². The average Bonchev–Trinajstić information content (AvgIpc) is 3.11. The van der Waals surface area contributed by atoms with Crippen LogP contribution in [0.5, 0.6) is 5.75 Å². The van der Waals surface area contributed by atoms with Crippen LogP contribution in [0.4, 0.5) is 13.2 Å². The van der Waals surface area contributed by atoms with Gasteiger partial charge >= 0.3 is 6.18 Å². The fourth-order valence-electron chi connectivity index (χ4n) is 2.82. The lowest BCUT2D eigenvalue weighted by Crippen LogP contribution is -2.19. The highest BCUT2D eigenvalue weighted by Gasteiger charge is 2.28. The van der Waals surface area contributed by atoms with E-state index >= 15 is 0 Å². The molecule has 0 atom stereocenters. The third kappa shape index (κ3) is 6.57. The van der Waals surface area contributed by atoms with Gasteiger partial charge in [0.1, 0.15) is 5.75 Å². The average molecular weight is 456 g/mol. The minimum absolute atomic E-state index is 0.158. The normalized spacial score (nSPS) is 11.9. The second-order valence-corrected chi connectivity index (χ2v) is 8.95. The van der Waals surface area contributed by atoms with E-state index in [-0.39, 0.29) is 5.75 Å². The topological polar surface area (TPSA) is 50.8 Å². The van der Waals surface area contributed by atoms with Gasteiger partial charge in [0.2, 0.25) is 0 Å². The Morgan fingerprint density at radius 1 is 1.13 bits per heavy atom. The Morgan fingerprint density at radius 3 is 2.73 bits per heavy atom. The molecule has 2 aromatic heterocycles. The molecule has 3 aromatic rings. The quantitative estimate of drug-likeness (QED) is 0.270. The minimum Gasteiger partial charge on any atom is -0.484 e. The van der Waals surface area contributed by atoms with Gasteiger partial charge in [0.15, 0.2) is 11.8 Å². The molecular weight excluding hydrogens is 431 g/mol. The van der Waals surface area contributed by atoms with Crippen molar-refractivity contribution in [2.24, 2.45) is 0 Å². The highest BCUT2D eigenvalue weighted by molar-refractivity contribution is 7.99. The van der Waals surface area contributed by atoms with Gasteiger partial charge in [-0.3, -0.25) is 4.98 Å². The molecule has 0 spiro atoms. The summed E-state index contributed by atoms with van der Waals surface area (Å²) in [6.07, 6.45) is 1.15. The Hall–Kier alpha value is -1.87. The van der Waals surface area contributed by atoms with Gasteiger partial charge in [0.25, 0.3) is 0 Å². The zero-order chi connectivity index (χ0) is 21.6. The van der Waals surface area contributed by atoms with Gasteiger partial charge in [-0.15, -0.1) is 11.8 Å². The summed E-state index contributed by atoms with van der Waals surface area (Å²) in [6, 6.07) is 6.74. The van der Waals surface area contributed by atoms with Crippen LogP contribution in [-0.2, 0) is 5.75 Å². The molecule has 0 fully saturated rings. The number of rotatable bonds is 10. The largest absolute Gasteiger partial charge is 0.484 e. The van der Waals surface area contributed by atoms with Gasteiger partial charge in [-0.25, -0.2) is 4.98 Å². The molecule has 0 aliphatic carbocycles. The van der Waals surface area contributed by atoms with E-state index in [1.54, 1.807) is 6.07 Å². The number of fused-ring (bicyclic) bond motifs is 1. The van der Waals surface area contributed by atoms with Crippen LogP contribution < -0.4 is 4.74 Å². The van der Waals surface area contributed by atoms with Crippen LogP contribution in [0.15, 0.2) is 40.5 Å². The summed E-state index contributed by atoms with van der Waals surface area (Å²) in [5, 5.41) is 0.695. The van der Waals surface area contributed by atoms with Gasteiger partial charge in [-0.05, 0) is 42.9 Å². The maximum absolute atomic E-state index is 12.3. The third-order valence-corrected chi connectivity index (χ3v) is 6.57. The number of nitrogens with zero attached hydrogens (tertiary/aromatic N) is 2. The summed E-state index contributed by atoms with van der Waals surface area (Å²) >= 11 is 3.39. The van der Waals surface area contributed by atoms with E-state index in [1.807, 2.05) is 18.0 Å². The molecule has 0 saturated carbocycles. The van der Waals surface area contributed by atoms with Gasteiger partial charge < -0.3 is 9.72 Å². The first-order valence-electron chi connectivity index (χ1n) is 9.75. The number of ether oxygens (including phenoxy) is 1. The van der Waals surface area contributed by atoms with Crippen LogP contribution in [0.3, 0.4) is 0 Å². The molecule has 0 radical (unpaired) electrons. The van der Waals surface area contributed by atoms with Crippen molar-refractivity contribution in [1.82, 2.24) is 15.0 Å². The summed E-state index contributed by atoms with van der Waals surface area (Å²) < 4.78 is 41.8. The molecule has 30 heavy (non-hydrogen) atoms. The number of H-pyrrole nitrogens is 1. The monoisotopic (exact) mass is 455 g/mol. The van der Waals surface area contributed by atoms with Crippen molar-refractivity contribution in [2.75, 3.05) is 12.4 Å². The predicted molar refractivity (Wildman–Crippen MR) is 116 cm³/mol. The minimum atomic E-state index is -4.36. The Kier molecular flexibility index (Phi) is 7.93. The van der Waals surface area contributed by atoms with Crippen LogP contribution in [0.25, 0.3) is 11.0 Å². The van der Waals surface area contributed by atoms with Crippen LogP contribution in [0.1, 0.15) is 37.4 Å². The number of aromatic nitrogens is 3. The maximum Gasteiger partial charge on any atom is 0.422 e. The van der Waals surface area contributed by atoms with Crippen molar-refractivity contribution >= 4 is 34.6 Å².